The Bertz CT molecular complexity index is 445. The van der Waals surface area contributed by atoms with Crippen LogP contribution >= 0.6 is 0 Å². The molecule has 0 radical (unpaired) electrons. The summed E-state index contributed by atoms with van der Waals surface area (Å²) in [5, 5.41) is 8.70. The Labute approximate surface area is 97.3 Å². The van der Waals surface area contributed by atoms with E-state index in [1.165, 1.54) is 17.3 Å². The number of carbonyl (C=O) groups excluding carboxylic acids is 1. The van der Waals surface area contributed by atoms with Crippen molar-refractivity contribution in [3.8, 4) is 0 Å². The van der Waals surface area contributed by atoms with Crippen LogP contribution in [0.5, 0.6) is 0 Å². The van der Waals surface area contributed by atoms with E-state index in [4.69, 9.17) is 10.8 Å². The summed E-state index contributed by atoms with van der Waals surface area (Å²) in [6.07, 6.45) is 2.77. The quantitative estimate of drug-likeness (QED) is 0.731. The van der Waals surface area contributed by atoms with Crippen LogP contribution in [0.25, 0.3) is 0 Å². The van der Waals surface area contributed by atoms with E-state index in [9.17, 15) is 9.59 Å². The first kappa shape index (κ1) is 11.5. The summed E-state index contributed by atoms with van der Waals surface area (Å²) in [5.74, 6) is -0.825. The Hall–Kier alpha value is -2.02. The number of rotatable bonds is 3. The maximum atomic E-state index is 11.6. The zero-order valence-corrected chi connectivity index (χ0v) is 9.04. The number of anilines is 1. The largest absolute Gasteiger partial charge is 0.478 e. The summed E-state index contributed by atoms with van der Waals surface area (Å²) in [5.41, 5.74) is 5.50. The summed E-state index contributed by atoms with van der Waals surface area (Å²) in [6, 6.07) is 0. The van der Waals surface area contributed by atoms with Crippen LogP contribution < -0.4 is 10.6 Å². The normalized spacial score (nSPS) is 19.7. The third-order valence-corrected chi connectivity index (χ3v) is 2.67. The molecule has 1 aromatic rings. The number of aromatic carboxylic acids is 1. The second kappa shape index (κ2) is 4.46. The standard InChI is InChI=1S/C10H12N4O3/c11-2-6-1-8(15)14(5-6)10-12-3-7(4-13-10)9(16)17/h3-4,6H,1-2,5,11H2,(H,16,17). The second-order valence-electron chi connectivity index (χ2n) is 3.89. The molecule has 2 heterocycles. The van der Waals surface area contributed by atoms with Crippen molar-refractivity contribution in [3.63, 3.8) is 0 Å². The molecule has 1 unspecified atom stereocenters. The monoisotopic (exact) mass is 236 g/mol. The molecular weight excluding hydrogens is 224 g/mol. The maximum Gasteiger partial charge on any atom is 0.338 e. The van der Waals surface area contributed by atoms with E-state index in [2.05, 4.69) is 9.97 Å². The molecule has 2 rings (SSSR count). The fourth-order valence-electron chi connectivity index (χ4n) is 1.70. The third-order valence-electron chi connectivity index (χ3n) is 2.67. The summed E-state index contributed by atoms with van der Waals surface area (Å²) in [7, 11) is 0. The number of carboxylic acid groups (broad SMARTS) is 1. The van der Waals surface area contributed by atoms with Crippen LogP contribution in [0.4, 0.5) is 5.95 Å². The minimum atomic E-state index is -1.09. The van der Waals surface area contributed by atoms with Gasteiger partial charge in [0.05, 0.1) is 5.56 Å². The van der Waals surface area contributed by atoms with Gasteiger partial charge in [0, 0.05) is 25.4 Å². The minimum absolute atomic E-state index is 0.00392. The summed E-state index contributed by atoms with van der Waals surface area (Å²) < 4.78 is 0. The molecule has 7 heteroatoms. The molecule has 1 saturated heterocycles. The molecule has 0 aromatic carbocycles. The van der Waals surface area contributed by atoms with E-state index in [1.54, 1.807) is 0 Å². The number of amides is 1. The van der Waals surface area contributed by atoms with Crippen LogP contribution in [-0.4, -0.2) is 40.0 Å². The molecule has 1 aliphatic heterocycles. The van der Waals surface area contributed by atoms with E-state index < -0.39 is 5.97 Å². The van der Waals surface area contributed by atoms with Gasteiger partial charge in [-0.2, -0.15) is 0 Å². The van der Waals surface area contributed by atoms with Gasteiger partial charge in [0.1, 0.15) is 0 Å². The van der Waals surface area contributed by atoms with Crippen LogP contribution in [0, 0.1) is 5.92 Å². The smallest absolute Gasteiger partial charge is 0.338 e. The molecule has 17 heavy (non-hydrogen) atoms. The third kappa shape index (κ3) is 2.23. The van der Waals surface area contributed by atoms with Crippen molar-refractivity contribution in [3.05, 3.63) is 18.0 Å². The number of carboxylic acids is 1. The molecule has 1 fully saturated rings. The second-order valence-corrected chi connectivity index (χ2v) is 3.89. The Kier molecular flexibility index (Phi) is 3.01. The van der Waals surface area contributed by atoms with Crippen LogP contribution in [0.1, 0.15) is 16.8 Å². The van der Waals surface area contributed by atoms with Crippen LogP contribution in [0.3, 0.4) is 0 Å². The van der Waals surface area contributed by atoms with Gasteiger partial charge in [-0.25, -0.2) is 14.8 Å². The van der Waals surface area contributed by atoms with Gasteiger partial charge >= 0.3 is 5.97 Å². The van der Waals surface area contributed by atoms with E-state index in [-0.39, 0.29) is 23.3 Å². The minimum Gasteiger partial charge on any atom is -0.478 e. The first-order valence-corrected chi connectivity index (χ1v) is 5.17. The van der Waals surface area contributed by atoms with Crippen molar-refractivity contribution in [2.75, 3.05) is 18.0 Å². The van der Waals surface area contributed by atoms with Gasteiger partial charge in [0.25, 0.3) is 0 Å². The van der Waals surface area contributed by atoms with E-state index in [0.717, 1.165) is 0 Å². The Balaban J connectivity index is 2.18. The molecule has 1 aliphatic rings. The Morgan fingerprint density at radius 2 is 2.18 bits per heavy atom. The first-order valence-electron chi connectivity index (χ1n) is 5.17. The number of carbonyl (C=O) groups is 2. The molecular formula is C10H12N4O3. The van der Waals surface area contributed by atoms with Gasteiger partial charge in [0.15, 0.2) is 0 Å². The summed E-state index contributed by atoms with van der Waals surface area (Å²) in [4.78, 5) is 31.4. The number of hydrogen-bond acceptors (Lipinski definition) is 5. The molecule has 0 saturated carbocycles. The molecule has 7 nitrogen and oxygen atoms in total. The number of hydrogen-bond donors (Lipinski definition) is 2. The van der Waals surface area contributed by atoms with Gasteiger partial charge in [-0.15, -0.1) is 0 Å². The lowest BCUT2D eigenvalue weighted by Gasteiger charge is -2.13. The topological polar surface area (TPSA) is 109 Å². The van der Waals surface area contributed by atoms with Crippen LogP contribution in [0.15, 0.2) is 12.4 Å². The van der Waals surface area contributed by atoms with E-state index >= 15 is 0 Å². The summed E-state index contributed by atoms with van der Waals surface area (Å²) in [6.45, 7) is 0.928. The van der Waals surface area contributed by atoms with Gasteiger partial charge < -0.3 is 10.8 Å². The SMILES string of the molecule is NCC1CC(=O)N(c2ncc(C(=O)O)cn2)C1. The predicted octanol–water partition coefficient (Wildman–Crippen LogP) is -0.514. The highest BCUT2D eigenvalue weighted by Gasteiger charge is 2.31. The first-order chi connectivity index (χ1) is 8.11. The number of aromatic nitrogens is 2. The maximum absolute atomic E-state index is 11.6. The fourth-order valence-corrected chi connectivity index (χ4v) is 1.70. The van der Waals surface area contributed by atoms with Gasteiger partial charge in [0.2, 0.25) is 11.9 Å². The average Bonchev–Trinajstić information content (AvgIpc) is 2.71. The van der Waals surface area contributed by atoms with E-state index in [1.807, 2.05) is 0 Å². The zero-order valence-electron chi connectivity index (χ0n) is 9.04. The fraction of sp³-hybridized carbons (Fsp3) is 0.400. The van der Waals surface area contributed by atoms with Crippen LogP contribution in [-0.2, 0) is 4.79 Å². The van der Waals surface area contributed by atoms with Gasteiger partial charge in [-0.3, -0.25) is 9.69 Å². The lowest BCUT2D eigenvalue weighted by molar-refractivity contribution is -0.117. The average molecular weight is 236 g/mol. The van der Waals surface area contributed by atoms with Crippen molar-refractivity contribution in [1.29, 1.82) is 0 Å². The van der Waals surface area contributed by atoms with Crippen molar-refractivity contribution in [1.82, 2.24) is 9.97 Å². The Morgan fingerprint density at radius 1 is 1.53 bits per heavy atom. The van der Waals surface area contributed by atoms with Crippen molar-refractivity contribution in [2.45, 2.75) is 6.42 Å². The van der Waals surface area contributed by atoms with Crippen molar-refractivity contribution >= 4 is 17.8 Å². The Morgan fingerprint density at radius 3 is 2.65 bits per heavy atom. The molecule has 0 spiro atoms. The lowest BCUT2D eigenvalue weighted by atomic mass is 10.1. The molecule has 1 atom stereocenters. The molecule has 90 valence electrons. The molecule has 0 aliphatic carbocycles. The number of nitrogens with zero attached hydrogens (tertiary/aromatic N) is 3. The van der Waals surface area contributed by atoms with Crippen molar-refractivity contribution in [2.24, 2.45) is 11.7 Å². The molecule has 1 amide bonds. The molecule has 3 N–H and O–H groups in total. The molecule has 1 aromatic heterocycles. The number of nitrogens with two attached hydrogens (primary N) is 1. The molecule has 0 bridgehead atoms. The van der Waals surface area contributed by atoms with E-state index in [0.29, 0.717) is 19.5 Å². The lowest BCUT2D eigenvalue weighted by Crippen LogP contribution is -2.27. The van der Waals surface area contributed by atoms with Gasteiger partial charge in [-0.05, 0) is 12.5 Å². The highest BCUT2D eigenvalue weighted by atomic mass is 16.4. The van der Waals surface area contributed by atoms with Crippen molar-refractivity contribution < 1.29 is 14.7 Å². The highest BCUT2D eigenvalue weighted by molar-refractivity contribution is 5.94. The zero-order chi connectivity index (χ0) is 12.4. The summed E-state index contributed by atoms with van der Waals surface area (Å²) >= 11 is 0. The predicted molar refractivity (Wildman–Crippen MR) is 58.5 cm³/mol. The van der Waals surface area contributed by atoms with Gasteiger partial charge in [-0.1, -0.05) is 0 Å². The highest BCUT2D eigenvalue weighted by Crippen LogP contribution is 2.20. The van der Waals surface area contributed by atoms with Crippen LogP contribution in [0.2, 0.25) is 0 Å².